The quantitative estimate of drug-likeness (QED) is 0.264. The summed E-state index contributed by atoms with van der Waals surface area (Å²) in [6.07, 6.45) is 0.491. The zero-order chi connectivity index (χ0) is 34.6. The number of carbonyl (C=O) groups excluding carboxylic acids is 1. The second-order valence-corrected chi connectivity index (χ2v) is 14.7. The van der Waals surface area contributed by atoms with Gasteiger partial charge in [0.25, 0.3) is 0 Å². The van der Waals surface area contributed by atoms with Crippen LogP contribution in [0, 0.1) is 19.3 Å². The third-order valence-electron chi connectivity index (χ3n) is 9.29. The molecule has 12 nitrogen and oxygen atoms in total. The first kappa shape index (κ1) is 33.7. The number of carbonyl (C=O) groups is 1. The molecule has 0 aliphatic carbocycles. The van der Waals surface area contributed by atoms with Crippen molar-refractivity contribution in [2.24, 2.45) is 5.41 Å². The van der Waals surface area contributed by atoms with Crippen molar-refractivity contribution in [2.75, 3.05) is 26.9 Å². The van der Waals surface area contributed by atoms with Gasteiger partial charge in [0.05, 0.1) is 32.3 Å². The molecule has 4 aromatic rings. The monoisotopic (exact) mass is 688 g/mol. The molecular formula is C32H35F3N6O6S. The van der Waals surface area contributed by atoms with Crippen LogP contribution >= 0.6 is 0 Å². The smallest absolute Gasteiger partial charge is 0.452 e. The van der Waals surface area contributed by atoms with Gasteiger partial charge in [-0.3, -0.25) is 14.2 Å². The summed E-state index contributed by atoms with van der Waals surface area (Å²) in [6.45, 7) is 7.49. The Balaban J connectivity index is 1.47. The van der Waals surface area contributed by atoms with Crippen molar-refractivity contribution in [3.8, 4) is 5.88 Å². The van der Waals surface area contributed by atoms with Gasteiger partial charge in [0.2, 0.25) is 21.7 Å². The highest BCUT2D eigenvalue weighted by Crippen LogP contribution is 2.45. The number of esters is 1. The lowest BCUT2D eigenvalue weighted by molar-refractivity contribution is -0.151. The average molecular weight is 689 g/mol. The first-order chi connectivity index (χ1) is 22.6. The minimum absolute atomic E-state index is 0.0181. The third-order valence-corrected chi connectivity index (χ3v) is 11.1. The van der Waals surface area contributed by atoms with Crippen molar-refractivity contribution in [3.63, 3.8) is 0 Å². The summed E-state index contributed by atoms with van der Waals surface area (Å²) in [5.74, 6) is -2.48. The Bertz CT molecular complexity index is 1990. The summed E-state index contributed by atoms with van der Waals surface area (Å²) >= 11 is 0. The summed E-state index contributed by atoms with van der Waals surface area (Å²) < 4.78 is 88.5. The fourth-order valence-electron chi connectivity index (χ4n) is 6.65. The fourth-order valence-corrected chi connectivity index (χ4v) is 8.21. The molecule has 48 heavy (non-hydrogen) atoms. The van der Waals surface area contributed by atoms with Crippen molar-refractivity contribution in [1.82, 2.24) is 28.9 Å². The molecule has 16 heteroatoms. The van der Waals surface area contributed by atoms with Crippen LogP contribution < -0.4 is 4.74 Å². The van der Waals surface area contributed by atoms with E-state index in [1.54, 1.807) is 46.0 Å². The molecule has 6 rings (SSSR count). The van der Waals surface area contributed by atoms with Crippen LogP contribution in [0.1, 0.15) is 66.4 Å². The summed E-state index contributed by atoms with van der Waals surface area (Å²) in [6, 6.07) is 6.30. The molecule has 2 aliphatic heterocycles. The molecule has 0 saturated carbocycles. The van der Waals surface area contributed by atoms with Crippen LogP contribution in [0.3, 0.4) is 0 Å². The molecule has 1 fully saturated rings. The Morgan fingerprint density at radius 3 is 2.54 bits per heavy atom. The maximum Gasteiger partial charge on any atom is 0.452 e. The second-order valence-electron chi connectivity index (χ2n) is 12.7. The zero-order valence-corrected chi connectivity index (χ0v) is 27.9. The number of alkyl halides is 3. The highest BCUT2D eigenvalue weighted by atomic mass is 32.2. The van der Waals surface area contributed by atoms with Gasteiger partial charge in [-0.1, -0.05) is 6.07 Å². The predicted molar refractivity (Wildman–Crippen MR) is 165 cm³/mol. The number of methoxy groups -OCH3 is 1. The maximum atomic E-state index is 14.1. The predicted octanol–water partition coefficient (Wildman–Crippen LogP) is 4.62. The number of rotatable bonds is 6. The minimum atomic E-state index is -4.73. The first-order valence-corrected chi connectivity index (χ1v) is 16.7. The Labute approximate surface area is 275 Å². The molecule has 0 radical (unpaired) electrons. The van der Waals surface area contributed by atoms with E-state index in [2.05, 4.69) is 20.2 Å². The van der Waals surface area contributed by atoms with E-state index in [0.29, 0.717) is 54.0 Å². The largest absolute Gasteiger partial charge is 0.469 e. The van der Waals surface area contributed by atoms with Crippen LogP contribution in [0.5, 0.6) is 5.88 Å². The molecular weight excluding hydrogens is 653 g/mol. The number of hydrogen-bond donors (Lipinski definition) is 0. The Morgan fingerprint density at radius 1 is 1.12 bits per heavy atom. The number of fused-ring (bicyclic) bond motifs is 2. The second kappa shape index (κ2) is 12.1. The minimum Gasteiger partial charge on any atom is -0.469 e. The van der Waals surface area contributed by atoms with Crippen LogP contribution in [0.4, 0.5) is 13.2 Å². The van der Waals surface area contributed by atoms with Gasteiger partial charge in [0.1, 0.15) is 10.5 Å². The van der Waals surface area contributed by atoms with Crippen molar-refractivity contribution >= 4 is 21.6 Å². The number of aromatic nitrogens is 5. The lowest BCUT2D eigenvalue weighted by Crippen LogP contribution is -2.50. The van der Waals surface area contributed by atoms with E-state index >= 15 is 0 Å². The average Bonchev–Trinajstić information content (AvgIpc) is 3.46. The fraction of sp³-hybridized carbons (Fsp3) is 0.469. The normalized spacial score (nSPS) is 18.6. The van der Waals surface area contributed by atoms with E-state index in [1.165, 1.54) is 35.9 Å². The third kappa shape index (κ3) is 5.79. The number of sulfonamides is 1. The number of nitrogens with zero attached hydrogens (tertiary/aromatic N) is 6. The highest BCUT2D eigenvalue weighted by Gasteiger charge is 2.46. The van der Waals surface area contributed by atoms with Gasteiger partial charge in [0.15, 0.2) is 5.65 Å². The highest BCUT2D eigenvalue weighted by molar-refractivity contribution is 7.89. The van der Waals surface area contributed by atoms with E-state index in [0.717, 1.165) is 4.40 Å². The van der Waals surface area contributed by atoms with E-state index in [9.17, 15) is 26.4 Å². The molecule has 6 heterocycles. The van der Waals surface area contributed by atoms with Crippen LogP contribution in [0.15, 0.2) is 47.8 Å². The standard InChI is InChI=1S/C32H35F3N6O6S/c1-19-23(8-12-41-26(19)38-39-28(41)32(33,34)35)25(30(3,4)29(42)45-5)21-15-22(20(2)37-16-21)17-40-18-31(9-13-46-14-10-31)47-27-24(48(40,43)44)7-6-11-36-27/h6-8,11-12,15-16,25H,9-10,13-14,17-18H2,1-5H3. The zero-order valence-electron chi connectivity index (χ0n) is 27.0. The van der Waals surface area contributed by atoms with E-state index in [4.69, 9.17) is 14.2 Å². The molecule has 0 N–H and O–H groups in total. The SMILES string of the molecule is COC(=O)C(C)(C)C(c1cnc(C)c(CN2CC3(CCOCC3)Oc3ncccc3S2(=O)=O)c1)c1ccn2c(C(F)(F)F)nnc2c1C. The van der Waals surface area contributed by atoms with Crippen LogP contribution in [0.2, 0.25) is 0 Å². The lowest BCUT2D eigenvalue weighted by Gasteiger charge is -2.38. The maximum absolute atomic E-state index is 14.1. The molecule has 0 aromatic carbocycles. The van der Waals surface area contributed by atoms with Gasteiger partial charge >= 0.3 is 12.1 Å². The Morgan fingerprint density at radius 2 is 1.85 bits per heavy atom. The Kier molecular flexibility index (Phi) is 8.48. The first-order valence-electron chi connectivity index (χ1n) is 15.3. The summed E-state index contributed by atoms with van der Waals surface area (Å²) in [5.41, 5.74) is 0.403. The van der Waals surface area contributed by atoms with Gasteiger partial charge in [-0.25, -0.2) is 13.4 Å². The van der Waals surface area contributed by atoms with Crippen molar-refractivity contribution in [1.29, 1.82) is 0 Å². The summed E-state index contributed by atoms with van der Waals surface area (Å²) in [5, 5.41) is 7.20. The number of aryl methyl sites for hydroxylation is 2. The molecule has 1 unspecified atom stereocenters. The van der Waals surface area contributed by atoms with Gasteiger partial charge in [-0.05, 0) is 68.1 Å². The number of pyridine rings is 3. The van der Waals surface area contributed by atoms with E-state index < -0.39 is 44.9 Å². The summed E-state index contributed by atoms with van der Waals surface area (Å²) in [4.78, 5) is 22.1. The van der Waals surface area contributed by atoms with Gasteiger partial charge in [-0.15, -0.1) is 10.2 Å². The van der Waals surface area contributed by atoms with Crippen molar-refractivity contribution < 1.29 is 40.6 Å². The van der Waals surface area contributed by atoms with Crippen molar-refractivity contribution in [2.45, 2.75) is 69.7 Å². The van der Waals surface area contributed by atoms with Gasteiger partial charge < -0.3 is 14.2 Å². The molecule has 1 saturated heterocycles. The van der Waals surface area contributed by atoms with Gasteiger partial charge in [0, 0.05) is 49.6 Å². The molecule has 256 valence electrons. The molecule has 0 amide bonds. The molecule has 0 bridgehead atoms. The summed E-state index contributed by atoms with van der Waals surface area (Å²) in [7, 11) is -2.83. The van der Waals surface area contributed by atoms with Crippen LogP contribution in [-0.4, -0.2) is 75.7 Å². The Hall–Kier alpha value is -4.15. The number of ether oxygens (including phenoxy) is 3. The van der Waals surface area contributed by atoms with Gasteiger partial charge in [-0.2, -0.15) is 17.5 Å². The van der Waals surface area contributed by atoms with Crippen molar-refractivity contribution in [3.05, 3.63) is 76.6 Å². The van der Waals surface area contributed by atoms with Crippen LogP contribution in [-0.2, 0) is 37.0 Å². The van der Waals surface area contributed by atoms with E-state index in [-0.39, 0.29) is 29.5 Å². The molecule has 1 spiro atoms. The lowest BCUT2D eigenvalue weighted by atomic mass is 9.70. The van der Waals surface area contributed by atoms with Crippen LogP contribution in [0.25, 0.3) is 5.65 Å². The molecule has 2 aliphatic rings. The number of hydrogen-bond acceptors (Lipinski definition) is 10. The molecule has 4 aromatic heterocycles. The van der Waals surface area contributed by atoms with E-state index in [1.807, 2.05) is 0 Å². The topological polar surface area (TPSA) is 138 Å². The molecule has 1 atom stereocenters. The number of halogens is 3.